The molecular weight excluding hydrogens is 364 g/mol. The monoisotopic (exact) mass is 384 g/mol. The molecule has 2 aromatic heterocycles. The van der Waals surface area contributed by atoms with Gasteiger partial charge in [-0.15, -0.1) is 21.5 Å². The lowest BCUT2D eigenvalue weighted by molar-refractivity contribution is 0.399. The van der Waals surface area contributed by atoms with Crippen LogP contribution in [0.2, 0.25) is 0 Å². The molecule has 4 heteroatoms. The van der Waals surface area contributed by atoms with Crippen molar-refractivity contribution in [3.63, 3.8) is 0 Å². The van der Waals surface area contributed by atoms with Crippen LogP contribution in [0.15, 0.2) is 71.1 Å². The van der Waals surface area contributed by atoms with Crippen LogP contribution in [-0.4, -0.2) is 10.2 Å². The summed E-state index contributed by atoms with van der Waals surface area (Å²) in [6.07, 6.45) is 0. The fraction of sp³-hybridized carbons (Fsp3) is 0.167. The second kappa shape index (κ2) is 6.28. The van der Waals surface area contributed by atoms with Crippen LogP contribution in [0.5, 0.6) is 0 Å². The van der Waals surface area contributed by atoms with Crippen LogP contribution in [-0.2, 0) is 5.41 Å². The number of hydrogen-bond donors (Lipinski definition) is 0. The van der Waals surface area contributed by atoms with E-state index in [2.05, 4.69) is 97.7 Å². The van der Waals surface area contributed by atoms with E-state index in [0.717, 1.165) is 5.56 Å². The van der Waals surface area contributed by atoms with Crippen molar-refractivity contribution in [2.45, 2.75) is 26.2 Å². The summed E-state index contributed by atoms with van der Waals surface area (Å²) in [6, 6.07) is 23.5. The van der Waals surface area contributed by atoms with E-state index in [0.29, 0.717) is 11.8 Å². The van der Waals surface area contributed by atoms with Gasteiger partial charge in [0.25, 0.3) is 0 Å². The van der Waals surface area contributed by atoms with Crippen molar-refractivity contribution in [2.24, 2.45) is 0 Å². The minimum atomic E-state index is -0.151. The SMILES string of the molecule is CC(C)(C)c1nnc(-c2ccc(-c3cccc4c3sc3ccccc34)cc2)o1. The van der Waals surface area contributed by atoms with E-state index in [-0.39, 0.29) is 5.41 Å². The average Bonchev–Trinajstić information content (AvgIpc) is 3.33. The lowest BCUT2D eigenvalue weighted by Crippen LogP contribution is -2.11. The van der Waals surface area contributed by atoms with Crippen LogP contribution in [0.3, 0.4) is 0 Å². The molecule has 3 nitrogen and oxygen atoms in total. The van der Waals surface area contributed by atoms with Gasteiger partial charge in [0.2, 0.25) is 11.8 Å². The maximum Gasteiger partial charge on any atom is 0.247 e. The maximum absolute atomic E-state index is 5.87. The zero-order valence-electron chi connectivity index (χ0n) is 16.1. The molecule has 28 heavy (non-hydrogen) atoms. The molecular formula is C24H20N2OS. The van der Waals surface area contributed by atoms with E-state index in [4.69, 9.17) is 4.42 Å². The highest BCUT2D eigenvalue weighted by molar-refractivity contribution is 7.26. The molecule has 0 saturated heterocycles. The summed E-state index contributed by atoms with van der Waals surface area (Å²) in [4.78, 5) is 0. The van der Waals surface area contributed by atoms with Gasteiger partial charge in [-0.2, -0.15) is 0 Å². The lowest BCUT2D eigenvalue weighted by Gasteiger charge is -2.11. The van der Waals surface area contributed by atoms with Crippen molar-refractivity contribution >= 4 is 31.5 Å². The topological polar surface area (TPSA) is 38.9 Å². The third-order valence-electron chi connectivity index (χ3n) is 4.91. The molecule has 138 valence electrons. The average molecular weight is 385 g/mol. The molecule has 0 unspecified atom stereocenters. The Hall–Kier alpha value is -2.98. The first-order valence-electron chi connectivity index (χ1n) is 9.36. The van der Waals surface area contributed by atoms with Gasteiger partial charge in [-0.1, -0.05) is 69.3 Å². The molecule has 0 bridgehead atoms. The molecule has 5 rings (SSSR count). The number of aromatic nitrogens is 2. The highest BCUT2D eigenvalue weighted by atomic mass is 32.1. The molecule has 2 heterocycles. The zero-order valence-corrected chi connectivity index (χ0v) is 16.9. The Kier molecular flexibility index (Phi) is 3.84. The Morgan fingerprint density at radius 1 is 0.750 bits per heavy atom. The highest BCUT2D eigenvalue weighted by Gasteiger charge is 2.22. The van der Waals surface area contributed by atoms with E-state index in [1.54, 1.807) is 0 Å². The first-order valence-corrected chi connectivity index (χ1v) is 10.2. The summed E-state index contributed by atoms with van der Waals surface area (Å²) in [7, 11) is 0. The molecule has 0 N–H and O–H groups in total. The number of benzene rings is 3. The minimum absolute atomic E-state index is 0.151. The van der Waals surface area contributed by atoms with Crippen LogP contribution in [0.1, 0.15) is 26.7 Å². The van der Waals surface area contributed by atoms with Crippen LogP contribution >= 0.6 is 11.3 Å². The van der Waals surface area contributed by atoms with Crippen LogP contribution < -0.4 is 0 Å². The van der Waals surface area contributed by atoms with Gasteiger partial charge in [0.1, 0.15) is 0 Å². The summed E-state index contributed by atoms with van der Waals surface area (Å²) in [6.45, 7) is 6.21. The van der Waals surface area contributed by atoms with E-state index in [9.17, 15) is 0 Å². The van der Waals surface area contributed by atoms with Gasteiger partial charge in [-0.05, 0) is 29.3 Å². The van der Waals surface area contributed by atoms with Crippen molar-refractivity contribution in [3.05, 3.63) is 72.6 Å². The van der Waals surface area contributed by atoms with Crippen molar-refractivity contribution < 1.29 is 4.42 Å². The van der Waals surface area contributed by atoms with Gasteiger partial charge in [0.15, 0.2) is 0 Å². The molecule has 0 spiro atoms. The third-order valence-corrected chi connectivity index (χ3v) is 6.13. The van der Waals surface area contributed by atoms with E-state index in [1.165, 1.54) is 31.3 Å². The number of rotatable bonds is 2. The zero-order chi connectivity index (χ0) is 19.3. The second-order valence-corrected chi connectivity index (χ2v) is 9.07. The normalized spacial score (nSPS) is 12.1. The molecule has 0 aliphatic rings. The van der Waals surface area contributed by atoms with Crippen molar-refractivity contribution in [1.82, 2.24) is 10.2 Å². The molecule has 3 aromatic carbocycles. The van der Waals surface area contributed by atoms with Gasteiger partial charge in [-0.3, -0.25) is 0 Å². The number of nitrogens with zero attached hydrogens (tertiary/aromatic N) is 2. The quantitative estimate of drug-likeness (QED) is 0.327. The molecule has 0 saturated carbocycles. The fourth-order valence-electron chi connectivity index (χ4n) is 3.41. The van der Waals surface area contributed by atoms with Gasteiger partial charge in [0, 0.05) is 31.2 Å². The number of fused-ring (bicyclic) bond motifs is 3. The van der Waals surface area contributed by atoms with Crippen molar-refractivity contribution in [3.8, 4) is 22.6 Å². The first kappa shape index (κ1) is 17.1. The van der Waals surface area contributed by atoms with Crippen molar-refractivity contribution in [2.75, 3.05) is 0 Å². The van der Waals surface area contributed by atoms with Crippen LogP contribution in [0, 0.1) is 0 Å². The fourth-order valence-corrected chi connectivity index (χ4v) is 4.65. The summed E-state index contributed by atoms with van der Waals surface area (Å²) in [5.41, 5.74) is 3.24. The minimum Gasteiger partial charge on any atom is -0.420 e. The molecule has 0 aliphatic heterocycles. The molecule has 0 aliphatic carbocycles. The first-order chi connectivity index (χ1) is 13.5. The van der Waals surface area contributed by atoms with E-state index in [1.807, 2.05) is 11.3 Å². The molecule has 5 aromatic rings. The lowest BCUT2D eigenvalue weighted by atomic mass is 9.97. The molecule has 0 atom stereocenters. The Labute approximate surface area is 167 Å². The predicted molar refractivity (Wildman–Crippen MR) is 117 cm³/mol. The maximum atomic E-state index is 5.87. The van der Waals surface area contributed by atoms with Gasteiger partial charge in [-0.25, -0.2) is 0 Å². The Morgan fingerprint density at radius 3 is 2.21 bits per heavy atom. The summed E-state index contributed by atoms with van der Waals surface area (Å²) in [5, 5.41) is 11.0. The Morgan fingerprint density at radius 2 is 1.46 bits per heavy atom. The molecule has 0 radical (unpaired) electrons. The number of hydrogen-bond acceptors (Lipinski definition) is 4. The smallest absolute Gasteiger partial charge is 0.247 e. The summed E-state index contributed by atoms with van der Waals surface area (Å²) < 4.78 is 8.51. The van der Waals surface area contributed by atoms with Gasteiger partial charge in [0.05, 0.1) is 0 Å². The van der Waals surface area contributed by atoms with E-state index >= 15 is 0 Å². The second-order valence-electron chi connectivity index (χ2n) is 8.02. The van der Waals surface area contributed by atoms with Crippen LogP contribution in [0.4, 0.5) is 0 Å². The van der Waals surface area contributed by atoms with Crippen molar-refractivity contribution in [1.29, 1.82) is 0 Å². The van der Waals surface area contributed by atoms with Crippen LogP contribution in [0.25, 0.3) is 42.8 Å². The molecule has 0 fully saturated rings. The predicted octanol–water partition coefficient (Wildman–Crippen LogP) is 7.07. The standard InChI is InChI=1S/C24H20N2OS/c1-24(2,3)23-26-25-22(27-23)16-13-11-15(12-14-16)17-8-6-9-19-18-7-4-5-10-20(18)28-21(17)19/h4-14H,1-3H3. The summed E-state index contributed by atoms with van der Waals surface area (Å²) in [5.74, 6) is 1.22. The van der Waals surface area contributed by atoms with Gasteiger partial charge >= 0.3 is 0 Å². The highest BCUT2D eigenvalue weighted by Crippen LogP contribution is 2.40. The molecule has 0 amide bonds. The summed E-state index contributed by atoms with van der Waals surface area (Å²) >= 11 is 1.85. The Balaban J connectivity index is 1.57. The van der Waals surface area contributed by atoms with E-state index < -0.39 is 0 Å². The van der Waals surface area contributed by atoms with Gasteiger partial charge < -0.3 is 4.42 Å². The largest absolute Gasteiger partial charge is 0.420 e. The third kappa shape index (κ3) is 2.81. The number of thiophene rings is 1. The Bertz CT molecular complexity index is 1290.